The van der Waals surface area contributed by atoms with E-state index >= 15 is 0 Å². The molecule has 0 aliphatic heterocycles. The minimum absolute atomic E-state index is 0.188. The van der Waals surface area contributed by atoms with Crippen LogP contribution in [0.25, 0.3) is 0 Å². The van der Waals surface area contributed by atoms with E-state index in [1.165, 1.54) is 12.1 Å². The number of hydrogen-bond donors (Lipinski definition) is 1. The van der Waals surface area contributed by atoms with Crippen LogP contribution in [-0.4, -0.2) is 5.91 Å². The minimum atomic E-state index is -0.319. The number of halogens is 2. The summed E-state index contributed by atoms with van der Waals surface area (Å²) in [5.41, 5.74) is 1.37. The molecule has 0 atom stereocenters. The van der Waals surface area contributed by atoms with Gasteiger partial charge in [0, 0.05) is 22.7 Å². The number of carbonyl (C=O) groups is 1. The van der Waals surface area contributed by atoms with E-state index in [-0.39, 0.29) is 18.3 Å². The summed E-state index contributed by atoms with van der Waals surface area (Å²) in [6.07, 6.45) is 1.48. The van der Waals surface area contributed by atoms with Gasteiger partial charge in [-0.05, 0) is 32.0 Å². The van der Waals surface area contributed by atoms with Crippen molar-refractivity contribution in [3.8, 4) is 0 Å². The number of nitrogens with one attached hydrogen (secondary N) is 1. The molecule has 0 fully saturated rings. The summed E-state index contributed by atoms with van der Waals surface area (Å²) in [5, 5.41) is 2.62. The molecule has 0 radical (unpaired) electrons. The van der Waals surface area contributed by atoms with Gasteiger partial charge in [0.05, 0.1) is 0 Å². The van der Waals surface area contributed by atoms with Crippen LogP contribution in [-0.2, 0) is 11.3 Å². The molecule has 1 aromatic carbocycles. The highest BCUT2D eigenvalue weighted by molar-refractivity contribution is 9.10. The SMILES string of the molecule is CC(C)=CC(=O)NCc1cc(Br)ccc1F. The van der Waals surface area contributed by atoms with Gasteiger partial charge in [0.1, 0.15) is 5.82 Å². The molecule has 0 aliphatic rings. The van der Waals surface area contributed by atoms with E-state index in [0.717, 1.165) is 10.0 Å². The molecule has 0 spiro atoms. The van der Waals surface area contributed by atoms with Crippen LogP contribution >= 0.6 is 15.9 Å². The van der Waals surface area contributed by atoms with E-state index in [1.54, 1.807) is 12.1 Å². The highest BCUT2D eigenvalue weighted by Crippen LogP contribution is 2.15. The molecule has 1 amide bonds. The van der Waals surface area contributed by atoms with Gasteiger partial charge in [-0.3, -0.25) is 4.79 Å². The number of benzene rings is 1. The zero-order chi connectivity index (χ0) is 12.1. The highest BCUT2D eigenvalue weighted by Gasteiger charge is 2.03. The molecule has 4 heteroatoms. The fourth-order valence-corrected chi connectivity index (χ4v) is 1.58. The van der Waals surface area contributed by atoms with Gasteiger partial charge in [-0.1, -0.05) is 21.5 Å². The van der Waals surface area contributed by atoms with Gasteiger partial charge in [0.15, 0.2) is 0 Å². The molecule has 0 bridgehead atoms. The predicted molar refractivity (Wildman–Crippen MR) is 65.4 cm³/mol. The Bertz CT molecular complexity index is 425. The molecule has 1 N–H and O–H groups in total. The second-order valence-electron chi connectivity index (χ2n) is 3.68. The van der Waals surface area contributed by atoms with Gasteiger partial charge in [-0.25, -0.2) is 4.39 Å². The van der Waals surface area contributed by atoms with E-state index in [4.69, 9.17) is 0 Å². The van der Waals surface area contributed by atoms with Crippen LogP contribution in [0, 0.1) is 5.82 Å². The Hall–Kier alpha value is -1.16. The van der Waals surface area contributed by atoms with Gasteiger partial charge in [-0.2, -0.15) is 0 Å². The van der Waals surface area contributed by atoms with E-state index in [1.807, 2.05) is 13.8 Å². The molecule has 86 valence electrons. The Balaban J connectivity index is 2.64. The Morgan fingerprint density at radius 1 is 1.50 bits per heavy atom. The summed E-state index contributed by atoms with van der Waals surface area (Å²) in [5.74, 6) is -0.528. The lowest BCUT2D eigenvalue weighted by atomic mass is 10.2. The summed E-state index contributed by atoms with van der Waals surface area (Å²) >= 11 is 3.25. The van der Waals surface area contributed by atoms with E-state index in [9.17, 15) is 9.18 Å². The molecule has 0 unspecified atom stereocenters. The molecular weight excluding hydrogens is 273 g/mol. The number of amides is 1. The summed E-state index contributed by atoms with van der Waals surface area (Å²) in [6.45, 7) is 3.85. The molecule has 0 aromatic heterocycles. The molecule has 1 rings (SSSR count). The standard InChI is InChI=1S/C12H13BrFNO/c1-8(2)5-12(16)15-7-9-6-10(13)3-4-11(9)14/h3-6H,7H2,1-2H3,(H,15,16). The quantitative estimate of drug-likeness (QED) is 0.850. The molecule has 1 aromatic rings. The Morgan fingerprint density at radius 2 is 2.19 bits per heavy atom. The van der Waals surface area contributed by atoms with Gasteiger partial charge in [0.2, 0.25) is 5.91 Å². The average Bonchev–Trinajstić information content (AvgIpc) is 2.18. The smallest absolute Gasteiger partial charge is 0.244 e. The molecule has 0 heterocycles. The second kappa shape index (κ2) is 5.80. The highest BCUT2D eigenvalue weighted by atomic mass is 79.9. The molecule has 0 saturated carbocycles. The van der Waals surface area contributed by atoms with E-state index in [0.29, 0.717) is 5.56 Å². The monoisotopic (exact) mass is 285 g/mol. The van der Waals surface area contributed by atoms with Crippen molar-refractivity contribution in [3.05, 3.63) is 45.7 Å². The lowest BCUT2D eigenvalue weighted by Crippen LogP contribution is -2.21. The molecular formula is C12H13BrFNO. The van der Waals surface area contributed by atoms with Gasteiger partial charge in [-0.15, -0.1) is 0 Å². The third-order valence-electron chi connectivity index (χ3n) is 1.88. The molecule has 16 heavy (non-hydrogen) atoms. The zero-order valence-electron chi connectivity index (χ0n) is 9.18. The van der Waals surface area contributed by atoms with E-state index < -0.39 is 0 Å². The van der Waals surface area contributed by atoms with Crippen molar-refractivity contribution in [3.63, 3.8) is 0 Å². The van der Waals surface area contributed by atoms with Crippen molar-refractivity contribution in [1.29, 1.82) is 0 Å². The van der Waals surface area contributed by atoms with Gasteiger partial charge >= 0.3 is 0 Å². The molecule has 2 nitrogen and oxygen atoms in total. The zero-order valence-corrected chi connectivity index (χ0v) is 10.8. The Morgan fingerprint density at radius 3 is 2.81 bits per heavy atom. The lowest BCUT2D eigenvalue weighted by molar-refractivity contribution is -0.116. The minimum Gasteiger partial charge on any atom is -0.348 e. The summed E-state index contributed by atoms with van der Waals surface area (Å²) in [7, 11) is 0. The first-order valence-electron chi connectivity index (χ1n) is 4.85. The van der Waals surface area contributed by atoms with Crippen LogP contribution in [0.2, 0.25) is 0 Å². The van der Waals surface area contributed by atoms with Crippen molar-refractivity contribution in [2.45, 2.75) is 20.4 Å². The van der Waals surface area contributed by atoms with Crippen molar-refractivity contribution < 1.29 is 9.18 Å². The maximum Gasteiger partial charge on any atom is 0.244 e. The van der Waals surface area contributed by atoms with Crippen LogP contribution in [0.4, 0.5) is 4.39 Å². The first-order valence-corrected chi connectivity index (χ1v) is 5.65. The van der Waals surface area contributed by atoms with Crippen LogP contribution < -0.4 is 5.32 Å². The fraction of sp³-hybridized carbons (Fsp3) is 0.250. The fourth-order valence-electron chi connectivity index (χ4n) is 1.17. The van der Waals surface area contributed by atoms with Crippen LogP contribution in [0.15, 0.2) is 34.3 Å². The van der Waals surface area contributed by atoms with Crippen molar-refractivity contribution in [2.24, 2.45) is 0 Å². The number of rotatable bonds is 3. The number of hydrogen-bond acceptors (Lipinski definition) is 1. The van der Waals surface area contributed by atoms with Crippen LogP contribution in [0.5, 0.6) is 0 Å². The lowest BCUT2D eigenvalue weighted by Gasteiger charge is -2.05. The third-order valence-corrected chi connectivity index (χ3v) is 2.37. The Kier molecular flexibility index (Phi) is 4.68. The van der Waals surface area contributed by atoms with Crippen LogP contribution in [0.1, 0.15) is 19.4 Å². The Labute approximate surface area is 103 Å². The van der Waals surface area contributed by atoms with Crippen molar-refractivity contribution >= 4 is 21.8 Å². The predicted octanol–water partition coefficient (Wildman–Crippen LogP) is 3.17. The van der Waals surface area contributed by atoms with Gasteiger partial charge < -0.3 is 5.32 Å². The summed E-state index contributed by atoms with van der Waals surface area (Å²) in [4.78, 5) is 11.3. The first kappa shape index (κ1) is 12.9. The average molecular weight is 286 g/mol. The number of carbonyl (C=O) groups excluding carboxylic acids is 1. The van der Waals surface area contributed by atoms with Gasteiger partial charge in [0.25, 0.3) is 0 Å². The normalized spacial score (nSPS) is 9.75. The van der Waals surface area contributed by atoms with E-state index in [2.05, 4.69) is 21.2 Å². The largest absolute Gasteiger partial charge is 0.348 e. The first-order chi connectivity index (χ1) is 7.49. The molecule has 0 saturated heterocycles. The maximum absolute atomic E-state index is 13.3. The van der Waals surface area contributed by atoms with Crippen molar-refractivity contribution in [1.82, 2.24) is 5.32 Å². The summed E-state index contributed by atoms with van der Waals surface area (Å²) < 4.78 is 14.1. The van der Waals surface area contributed by atoms with Crippen LogP contribution in [0.3, 0.4) is 0 Å². The number of allylic oxidation sites excluding steroid dienone is 1. The molecule has 0 aliphatic carbocycles. The summed E-state index contributed by atoms with van der Waals surface area (Å²) in [6, 6.07) is 4.64. The topological polar surface area (TPSA) is 29.1 Å². The maximum atomic E-state index is 13.3. The third kappa shape index (κ3) is 4.14. The second-order valence-corrected chi connectivity index (χ2v) is 4.59. The van der Waals surface area contributed by atoms with Crippen molar-refractivity contribution in [2.75, 3.05) is 0 Å².